The van der Waals surface area contributed by atoms with Crippen molar-refractivity contribution in [3.8, 4) is 12.3 Å². The molecule has 0 amide bonds. The molecular formula is C13H22O4. The number of carbonyl (C=O) groups is 2. The third-order valence-electron chi connectivity index (χ3n) is 1.64. The first-order chi connectivity index (χ1) is 7.36. The molecular weight excluding hydrogens is 220 g/mol. The summed E-state index contributed by atoms with van der Waals surface area (Å²) in [6.07, 6.45) is 5.00. The van der Waals surface area contributed by atoms with Gasteiger partial charge < -0.3 is 10.2 Å². The molecule has 0 radical (unpaired) electrons. The number of carbonyl (C=O) groups excluding carboxylic acids is 2. The Hall–Kier alpha value is -1.44. The molecule has 0 saturated heterocycles. The lowest BCUT2D eigenvalue weighted by atomic mass is 10.2. The summed E-state index contributed by atoms with van der Waals surface area (Å²) in [5.41, 5.74) is 0. The van der Waals surface area contributed by atoms with E-state index in [1.807, 2.05) is 0 Å². The topological polar surface area (TPSA) is 74.6 Å². The Bertz CT molecular complexity index is 276. The largest absolute Gasteiger partial charge is 0.385 e. The molecule has 0 aromatic carbocycles. The third kappa shape index (κ3) is 14.6. The fraction of sp³-hybridized carbons (Fsp3) is 0.538. The molecule has 0 fully saturated rings. The molecule has 0 aliphatic rings. The molecule has 17 heavy (non-hydrogen) atoms. The molecule has 0 aliphatic heterocycles. The van der Waals surface area contributed by atoms with Crippen LogP contribution in [0.5, 0.6) is 0 Å². The van der Waals surface area contributed by atoms with Gasteiger partial charge in [-0.05, 0) is 20.3 Å². The van der Waals surface area contributed by atoms with Crippen LogP contribution >= 0.6 is 0 Å². The van der Waals surface area contributed by atoms with Gasteiger partial charge >= 0.3 is 0 Å². The minimum atomic E-state index is -0.958. The van der Waals surface area contributed by atoms with Gasteiger partial charge in [0.1, 0.15) is 12.2 Å². The molecule has 0 rings (SSSR count). The fourth-order valence-corrected chi connectivity index (χ4v) is 0.579. The Morgan fingerprint density at radius 1 is 1.29 bits per heavy atom. The van der Waals surface area contributed by atoms with Crippen molar-refractivity contribution in [2.24, 2.45) is 0 Å². The van der Waals surface area contributed by atoms with Gasteiger partial charge in [0.25, 0.3) is 0 Å². The Morgan fingerprint density at radius 3 is 1.82 bits per heavy atom. The van der Waals surface area contributed by atoms with E-state index in [0.717, 1.165) is 0 Å². The summed E-state index contributed by atoms with van der Waals surface area (Å²) in [5, 5.41) is 17.3. The summed E-state index contributed by atoms with van der Waals surface area (Å²) in [6.45, 7) is 6.03. The van der Waals surface area contributed by atoms with Gasteiger partial charge in [-0.3, -0.25) is 9.59 Å². The van der Waals surface area contributed by atoms with E-state index < -0.39 is 12.2 Å². The molecule has 0 aromatic heterocycles. The summed E-state index contributed by atoms with van der Waals surface area (Å²) < 4.78 is 0. The minimum absolute atomic E-state index is 0. The summed E-state index contributed by atoms with van der Waals surface area (Å²) in [6, 6.07) is 0. The van der Waals surface area contributed by atoms with E-state index in [4.69, 9.17) is 16.6 Å². The maximum atomic E-state index is 10.2. The molecule has 0 bridgehead atoms. The highest BCUT2D eigenvalue weighted by atomic mass is 16.3. The minimum Gasteiger partial charge on any atom is -0.385 e. The summed E-state index contributed by atoms with van der Waals surface area (Å²) >= 11 is 0. The molecule has 2 N–H and O–H groups in total. The molecule has 2 unspecified atom stereocenters. The lowest BCUT2D eigenvalue weighted by molar-refractivity contribution is -0.125. The maximum absolute atomic E-state index is 10.2. The first-order valence-electron chi connectivity index (χ1n) is 4.78. The first-order valence-corrected chi connectivity index (χ1v) is 4.78. The van der Waals surface area contributed by atoms with Gasteiger partial charge in [0.05, 0.1) is 0 Å². The number of Topliss-reactive ketones (excluding diaryl/α,β-unsaturated/α-hetero) is 2. The van der Waals surface area contributed by atoms with Crippen molar-refractivity contribution in [2.45, 2.75) is 46.3 Å². The fourth-order valence-electron chi connectivity index (χ4n) is 0.579. The standard InChI is InChI=1S/C6H10O2.C6H8O2.CH4/c2*1-3-4-6(8)5(2)7;/h3,6,8H,1,4H2,2H3;1,6,8H,4H2,2H3;1H4. The molecule has 0 spiro atoms. The highest BCUT2D eigenvalue weighted by Gasteiger charge is 2.05. The highest BCUT2D eigenvalue weighted by molar-refractivity contribution is 5.80. The monoisotopic (exact) mass is 242 g/mol. The Kier molecular flexibility index (Phi) is 15.5. The number of terminal acetylenes is 1. The first kappa shape index (κ1) is 20.9. The second-order valence-electron chi connectivity index (χ2n) is 3.19. The van der Waals surface area contributed by atoms with E-state index >= 15 is 0 Å². The van der Waals surface area contributed by atoms with Crippen LogP contribution in [0.15, 0.2) is 12.7 Å². The van der Waals surface area contributed by atoms with E-state index in [9.17, 15) is 9.59 Å². The van der Waals surface area contributed by atoms with Gasteiger partial charge in [0.15, 0.2) is 11.6 Å². The van der Waals surface area contributed by atoms with E-state index in [1.54, 1.807) is 0 Å². The maximum Gasteiger partial charge on any atom is 0.159 e. The zero-order valence-corrected chi connectivity index (χ0v) is 9.64. The van der Waals surface area contributed by atoms with Crippen LogP contribution in [-0.4, -0.2) is 34.0 Å². The van der Waals surface area contributed by atoms with Crippen LogP contribution in [0, 0.1) is 12.3 Å². The van der Waals surface area contributed by atoms with Crippen molar-refractivity contribution in [2.75, 3.05) is 0 Å². The average Bonchev–Trinajstić information content (AvgIpc) is 2.19. The summed E-state index contributed by atoms with van der Waals surface area (Å²) in [5.74, 6) is 1.70. The SMILES string of the molecule is C.C#CCC(O)C(C)=O.C=CCC(O)C(C)=O. The van der Waals surface area contributed by atoms with Crippen LogP contribution in [0.2, 0.25) is 0 Å². The Balaban J connectivity index is -0.000000218. The zero-order valence-electron chi connectivity index (χ0n) is 9.64. The molecule has 0 aromatic rings. The van der Waals surface area contributed by atoms with Gasteiger partial charge in [-0.15, -0.1) is 18.9 Å². The number of aliphatic hydroxyl groups is 2. The summed E-state index contributed by atoms with van der Waals surface area (Å²) in [7, 11) is 0. The van der Waals surface area contributed by atoms with Gasteiger partial charge in [0.2, 0.25) is 0 Å². The highest BCUT2D eigenvalue weighted by Crippen LogP contribution is 1.91. The third-order valence-corrected chi connectivity index (χ3v) is 1.64. The molecule has 4 nitrogen and oxygen atoms in total. The predicted molar refractivity (Wildman–Crippen MR) is 68.4 cm³/mol. The van der Waals surface area contributed by atoms with Crippen molar-refractivity contribution in [3.05, 3.63) is 12.7 Å². The van der Waals surface area contributed by atoms with Gasteiger partial charge in [0, 0.05) is 6.42 Å². The number of hydrogen-bond donors (Lipinski definition) is 2. The van der Waals surface area contributed by atoms with Crippen molar-refractivity contribution in [1.29, 1.82) is 0 Å². The molecule has 2 atom stereocenters. The van der Waals surface area contributed by atoms with Crippen molar-refractivity contribution in [3.63, 3.8) is 0 Å². The van der Waals surface area contributed by atoms with Crippen molar-refractivity contribution < 1.29 is 19.8 Å². The van der Waals surface area contributed by atoms with Crippen LogP contribution < -0.4 is 0 Å². The van der Waals surface area contributed by atoms with Crippen LogP contribution in [0.1, 0.15) is 34.1 Å². The van der Waals surface area contributed by atoms with E-state index in [2.05, 4.69) is 12.5 Å². The number of rotatable bonds is 5. The Labute approximate surface area is 103 Å². The smallest absolute Gasteiger partial charge is 0.159 e. The molecule has 0 saturated carbocycles. The van der Waals surface area contributed by atoms with Crippen LogP contribution in [0.4, 0.5) is 0 Å². The number of hydrogen-bond acceptors (Lipinski definition) is 4. The van der Waals surface area contributed by atoms with Crippen LogP contribution in [0.3, 0.4) is 0 Å². The zero-order chi connectivity index (χ0) is 13.1. The predicted octanol–water partition coefficient (Wildman–Crippen LogP) is 1.11. The van der Waals surface area contributed by atoms with Crippen LogP contribution in [-0.2, 0) is 9.59 Å². The van der Waals surface area contributed by atoms with E-state index in [-0.39, 0.29) is 25.4 Å². The van der Waals surface area contributed by atoms with Crippen molar-refractivity contribution >= 4 is 11.6 Å². The Morgan fingerprint density at radius 2 is 1.71 bits per heavy atom. The number of ketones is 2. The lowest BCUT2D eigenvalue weighted by Gasteiger charge is -1.98. The average molecular weight is 242 g/mol. The molecule has 0 heterocycles. The quantitative estimate of drug-likeness (QED) is 0.559. The normalized spacial score (nSPS) is 11.7. The second-order valence-corrected chi connectivity index (χ2v) is 3.19. The molecule has 0 aliphatic carbocycles. The van der Waals surface area contributed by atoms with E-state index in [0.29, 0.717) is 6.42 Å². The van der Waals surface area contributed by atoms with Gasteiger partial charge in [-0.25, -0.2) is 0 Å². The van der Waals surface area contributed by atoms with E-state index in [1.165, 1.54) is 19.9 Å². The summed E-state index contributed by atoms with van der Waals surface area (Å²) in [4.78, 5) is 20.4. The van der Waals surface area contributed by atoms with Gasteiger partial charge in [-0.1, -0.05) is 13.5 Å². The van der Waals surface area contributed by atoms with Crippen LogP contribution in [0.25, 0.3) is 0 Å². The number of aliphatic hydroxyl groups excluding tert-OH is 2. The van der Waals surface area contributed by atoms with Crippen molar-refractivity contribution in [1.82, 2.24) is 0 Å². The second kappa shape index (κ2) is 12.6. The molecule has 4 heteroatoms. The van der Waals surface area contributed by atoms with Gasteiger partial charge in [-0.2, -0.15) is 0 Å². The molecule has 98 valence electrons. The lowest BCUT2D eigenvalue weighted by Crippen LogP contribution is -2.15.